The van der Waals surface area contributed by atoms with E-state index < -0.39 is 10.9 Å². The number of esters is 1. The number of carbonyl (C=O) groups excluding carboxylic acids is 1. The maximum Gasteiger partial charge on any atom is 0.343 e. The third kappa shape index (κ3) is 3.70. The average molecular weight is 317 g/mol. The molecule has 0 radical (unpaired) electrons. The Morgan fingerprint density at radius 1 is 1.52 bits per heavy atom. The van der Waals surface area contributed by atoms with Crippen LogP contribution in [0.4, 0.5) is 11.5 Å². The molecule has 120 valence electrons. The topological polar surface area (TPSA) is 123 Å². The van der Waals surface area contributed by atoms with E-state index >= 15 is 0 Å². The van der Waals surface area contributed by atoms with Crippen LogP contribution in [0.3, 0.4) is 0 Å². The molecule has 2 rings (SSSR count). The molecule has 0 spiro atoms. The molecule has 2 aromatic rings. The molecule has 0 saturated carbocycles. The number of carbonyl (C=O) groups is 1. The first kappa shape index (κ1) is 16.1. The highest BCUT2D eigenvalue weighted by molar-refractivity contribution is 5.96. The van der Waals surface area contributed by atoms with Gasteiger partial charge in [0, 0.05) is 11.8 Å². The van der Waals surface area contributed by atoms with Gasteiger partial charge in [0.1, 0.15) is 5.56 Å². The quantitative estimate of drug-likeness (QED) is 0.364. The van der Waals surface area contributed by atoms with E-state index in [1.165, 1.54) is 12.3 Å². The van der Waals surface area contributed by atoms with Crippen LogP contribution in [0.25, 0.3) is 0 Å². The van der Waals surface area contributed by atoms with Crippen molar-refractivity contribution in [2.75, 3.05) is 12.0 Å². The fraction of sp³-hybridized carbons (Fsp3) is 0.214. The van der Waals surface area contributed by atoms with Crippen molar-refractivity contribution in [3.05, 3.63) is 51.2 Å². The molecule has 1 heterocycles. The largest absolute Gasteiger partial charge is 0.462 e. The lowest BCUT2D eigenvalue weighted by molar-refractivity contribution is -0.385. The second kappa shape index (κ2) is 7.16. The summed E-state index contributed by atoms with van der Waals surface area (Å²) < 4.78 is 4.94. The lowest BCUT2D eigenvalue weighted by Gasteiger charge is -2.02. The first-order valence-electron chi connectivity index (χ1n) is 6.79. The number of aromatic amines is 1. The van der Waals surface area contributed by atoms with E-state index in [0.29, 0.717) is 11.3 Å². The number of hydrogen-bond acceptors (Lipinski definition) is 7. The molecule has 0 aliphatic carbocycles. The summed E-state index contributed by atoms with van der Waals surface area (Å²) in [5.41, 5.74) is 3.63. The monoisotopic (exact) mass is 317 g/mol. The number of rotatable bonds is 6. The van der Waals surface area contributed by atoms with Gasteiger partial charge in [0.2, 0.25) is 0 Å². The van der Waals surface area contributed by atoms with Crippen LogP contribution in [-0.2, 0) is 4.74 Å². The van der Waals surface area contributed by atoms with Crippen LogP contribution < -0.4 is 5.43 Å². The van der Waals surface area contributed by atoms with E-state index in [1.54, 1.807) is 32.0 Å². The van der Waals surface area contributed by atoms with E-state index in [1.807, 2.05) is 0 Å². The number of hydrogen-bond donors (Lipinski definition) is 2. The molecule has 0 fully saturated rings. The molecule has 2 N–H and O–H groups in total. The van der Waals surface area contributed by atoms with Gasteiger partial charge >= 0.3 is 5.97 Å². The number of aromatic nitrogens is 2. The van der Waals surface area contributed by atoms with E-state index in [2.05, 4.69) is 20.7 Å². The SMILES string of the molecule is CCOC(=O)c1c(N/N=C\c2ccccc2[N+](=O)[O-])n[nH]c1C. The van der Waals surface area contributed by atoms with Crippen molar-refractivity contribution in [1.82, 2.24) is 10.2 Å². The van der Waals surface area contributed by atoms with Crippen LogP contribution in [0.2, 0.25) is 0 Å². The van der Waals surface area contributed by atoms with Crippen molar-refractivity contribution in [2.24, 2.45) is 5.10 Å². The molecular weight excluding hydrogens is 302 g/mol. The number of H-pyrrole nitrogens is 1. The van der Waals surface area contributed by atoms with Gasteiger partial charge in [-0.1, -0.05) is 12.1 Å². The Labute approximate surface area is 131 Å². The van der Waals surface area contributed by atoms with Crippen molar-refractivity contribution in [1.29, 1.82) is 0 Å². The van der Waals surface area contributed by atoms with Crippen LogP contribution in [0.15, 0.2) is 29.4 Å². The number of para-hydroxylation sites is 1. The number of nitrogens with zero attached hydrogens (tertiary/aromatic N) is 3. The minimum Gasteiger partial charge on any atom is -0.462 e. The molecule has 0 amide bonds. The van der Waals surface area contributed by atoms with Gasteiger partial charge in [0.05, 0.1) is 23.3 Å². The van der Waals surface area contributed by atoms with Crippen LogP contribution in [0.5, 0.6) is 0 Å². The Hall–Kier alpha value is -3.23. The molecule has 9 nitrogen and oxygen atoms in total. The normalized spacial score (nSPS) is 10.7. The Morgan fingerprint density at radius 3 is 2.96 bits per heavy atom. The summed E-state index contributed by atoms with van der Waals surface area (Å²) in [4.78, 5) is 22.3. The summed E-state index contributed by atoms with van der Waals surface area (Å²) in [6.07, 6.45) is 1.29. The fourth-order valence-corrected chi connectivity index (χ4v) is 1.89. The second-order valence-electron chi connectivity index (χ2n) is 4.48. The summed E-state index contributed by atoms with van der Waals surface area (Å²) in [6.45, 7) is 3.62. The van der Waals surface area contributed by atoms with Gasteiger partial charge in [0.25, 0.3) is 5.69 Å². The first-order valence-corrected chi connectivity index (χ1v) is 6.79. The lowest BCUT2D eigenvalue weighted by atomic mass is 10.2. The summed E-state index contributed by atoms with van der Waals surface area (Å²) in [7, 11) is 0. The highest BCUT2D eigenvalue weighted by atomic mass is 16.6. The molecule has 0 aliphatic heterocycles. The summed E-state index contributed by atoms with van der Waals surface area (Å²) in [5.74, 6) is -0.335. The van der Waals surface area contributed by atoms with Crippen LogP contribution in [0.1, 0.15) is 28.5 Å². The number of nitro benzene ring substituents is 1. The number of benzene rings is 1. The number of aryl methyl sites for hydroxylation is 1. The third-order valence-electron chi connectivity index (χ3n) is 2.93. The van der Waals surface area contributed by atoms with Crippen molar-refractivity contribution >= 4 is 23.7 Å². The predicted octanol–water partition coefficient (Wildman–Crippen LogP) is 2.25. The molecule has 23 heavy (non-hydrogen) atoms. The Kier molecular flexibility index (Phi) is 5.03. The Morgan fingerprint density at radius 2 is 2.26 bits per heavy atom. The zero-order valence-electron chi connectivity index (χ0n) is 12.6. The highest BCUT2D eigenvalue weighted by Crippen LogP contribution is 2.18. The maximum absolute atomic E-state index is 11.9. The van der Waals surface area contributed by atoms with Crippen LogP contribution >= 0.6 is 0 Å². The molecule has 0 aliphatic rings. The van der Waals surface area contributed by atoms with Crippen molar-refractivity contribution < 1.29 is 14.5 Å². The molecule has 9 heteroatoms. The number of anilines is 1. The summed E-state index contributed by atoms with van der Waals surface area (Å²) in [6, 6.07) is 6.17. The number of nitrogens with one attached hydrogen (secondary N) is 2. The molecule has 0 bridgehead atoms. The zero-order valence-corrected chi connectivity index (χ0v) is 12.6. The fourth-order valence-electron chi connectivity index (χ4n) is 1.89. The number of ether oxygens (including phenoxy) is 1. The summed E-state index contributed by atoms with van der Waals surface area (Å²) in [5, 5.41) is 21.4. The van der Waals surface area contributed by atoms with Gasteiger partial charge < -0.3 is 4.74 Å². The van der Waals surface area contributed by atoms with Crippen molar-refractivity contribution in [3.8, 4) is 0 Å². The van der Waals surface area contributed by atoms with Crippen molar-refractivity contribution in [2.45, 2.75) is 13.8 Å². The van der Waals surface area contributed by atoms with Gasteiger partial charge in [-0.2, -0.15) is 10.2 Å². The van der Waals surface area contributed by atoms with Gasteiger partial charge in [-0.15, -0.1) is 0 Å². The molecule has 0 saturated heterocycles. The highest BCUT2D eigenvalue weighted by Gasteiger charge is 2.19. The molecule has 0 unspecified atom stereocenters. The Bertz CT molecular complexity index is 753. The van der Waals surface area contributed by atoms with E-state index in [4.69, 9.17) is 4.74 Å². The molecule has 1 aromatic carbocycles. The average Bonchev–Trinajstić information content (AvgIpc) is 2.89. The number of nitro groups is 1. The zero-order chi connectivity index (χ0) is 16.8. The summed E-state index contributed by atoms with van der Waals surface area (Å²) >= 11 is 0. The maximum atomic E-state index is 11.9. The molecular formula is C14H15N5O4. The van der Waals surface area contributed by atoms with Crippen molar-refractivity contribution in [3.63, 3.8) is 0 Å². The second-order valence-corrected chi connectivity index (χ2v) is 4.48. The van der Waals surface area contributed by atoms with E-state index in [9.17, 15) is 14.9 Å². The van der Waals surface area contributed by atoms with Crippen LogP contribution in [-0.4, -0.2) is 33.9 Å². The Balaban J connectivity index is 2.19. The minimum atomic E-state index is -0.526. The standard InChI is InChI=1S/C14H15N5O4/c1-3-23-14(20)12-9(2)16-18-13(12)17-15-8-10-6-4-5-7-11(10)19(21)22/h4-8H,3H2,1-2H3,(H2,16,17,18)/b15-8-. The number of hydrazone groups is 1. The third-order valence-corrected chi connectivity index (χ3v) is 2.93. The van der Waals surface area contributed by atoms with E-state index in [-0.39, 0.29) is 23.7 Å². The first-order chi connectivity index (χ1) is 11.0. The van der Waals surface area contributed by atoms with Gasteiger partial charge in [0.15, 0.2) is 5.82 Å². The van der Waals surface area contributed by atoms with Gasteiger partial charge in [-0.25, -0.2) is 4.79 Å². The smallest absolute Gasteiger partial charge is 0.343 e. The van der Waals surface area contributed by atoms with E-state index in [0.717, 1.165) is 0 Å². The van der Waals surface area contributed by atoms with Gasteiger partial charge in [-0.05, 0) is 19.9 Å². The lowest BCUT2D eigenvalue weighted by Crippen LogP contribution is -2.08. The van der Waals surface area contributed by atoms with Crippen LogP contribution in [0, 0.1) is 17.0 Å². The molecule has 0 atom stereocenters. The predicted molar refractivity (Wildman–Crippen MR) is 83.6 cm³/mol. The minimum absolute atomic E-state index is 0.0677. The van der Waals surface area contributed by atoms with Gasteiger partial charge in [-0.3, -0.25) is 20.6 Å². The molecule has 1 aromatic heterocycles.